The minimum Gasteiger partial charge on any atom is -0.479 e. The molecule has 7 heteroatoms. The number of hydrogen-bond acceptors (Lipinski definition) is 4. The van der Waals surface area contributed by atoms with E-state index in [4.69, 9.17) is 4.74 Å². The van der Waals surface area contributed by atoms with E-state index in [2.05, 4.69) is 29.6 Å². The number of carboxylic acid groups (broad SMARTS) is 1. The van der Waals surface area contributed by atoms with Crippen LogP contribution < -0.4 is 5.32 Å². The van der Waals surface area contributed by atoms with Crippen molar-refractivity contribution in [3.05, 3.63) is 59.7 Å². The highest BCUT2D eigenvalue weighted by Crippen LogP contribution is 2.44. The number of nitrogens with one attached hydrogen (secondary N) is 1. The molecule has 0 heterocycles. The maximum absolute atomic E-state index is 12.9. The topological polar surface area (TPSA) is 95.9 Å². The Hall–Kier alpha value is -3.35. The molecule has 0 aromatic heterocycles. The molecule has 7 nitrogen and oxygen atoms in total. The summed E-state index contributed by atoms with van der Waals surface area (Å²) in [6.45, 7) is 4.02. The van der Waals surface area contributed by atoms with Crippen molar-refractivity contribution in [2.24, 2.45) is 5.92 Å². The average molecular weight is 465 g/mol. The Labute approximate surface area is 200 Å². The molecule has 1 fully saturated rings. The Morgan fingerprint density at radius 3 is 2.09 bits per heavy atom. The van der Waals surface area contributed by atoms with E-state index < -0.39 is 23.6 Å². The van der Waals surface area contributed by atoms with Crippen LogP contribution in [0.25, 0.3) is 11.1 Å². The van der Waals surface area contributed by atoms with Gasteiger partial charge in [-0.05, 0) is 47.4 Å². The molecule has 0 bridgehead atoms. The normalized spacial score (nSPS) is 16.7. The summed E-state index contributed by atoms with van der Waals surface area (Å²) in [6.07, 6.45) is 1.14. The number of nitrogens with zero attached hydrogens (tertiary/aromatic N) is 1. The minimum absolute atomic E-state index is 0.0212. The Morgan fingerprint density at radius 1 is 1.06 bits per heavy atom. The average Bonchev–Trinajstić information content (AvgIpc) is 3.09. The third kappa shape index (κ3) is 4.27. The van der Waals surface area contributed by atoms with Crippen molar-refractivity contribution < 1.29 is 24.2 Å². The fraction of sp³-hybridized carbons (Fsp3) is 0.444. The van der Waals surface area contributed by atoms with Gasteiger partial charge in [0.2, 0.25) is 5.91 Å². The number of ether oxygens (including phenoxy) is 1. The molecule has 4 rings (SSSR count). The fourth-order valence-electron chi connectivity index (χ4n) is 5.01. The van der Waals surface area contributed by atoms with Gasteiger partial charge >= 0.3 is 12.1 Å². The number of likely N-dealkylation sites (N-methyl/N-ethyl adjacent to an activating group) is 1. The van der Waals surface area contributed by atoms with Crippen LogP contribution in [0.5, 0.6) is 0 Å². The molecule has 2 amide bonds. The summed E-state index contributed by atoms with van der Waals surface area (Å²) >= 11 is 0. The molecule has 2 aromatic rings. The predicted molar refractivity (Wildman–Crippen MR) is 128 cm³/mol. The fourth-order valence-corrected chi connectivity index (χ4v) is 5.01. The molecule has 0 saturated heterocycles. The second-order valence-electron chi connectivity index (χ2n) is 9.67. The molecule has 2 N–H and O–H groups in total. The molecule has 1 atom stereocenters. The first-order valence-electron chi connectivity index (χ1n) is 11.9. The standard InChI is InChI=1S/C27H32N2O5/c1-17(2)23(15-24(30)29(3)27(25(31)32)13-8-14-27)28-26(33)34-16-22-20-11-6-4-9-18(20)19-10-5-7-12-21(19)22/h4-7,9-12,17,22-23H,8,13-16H2,1-3H3,(H,28,33)(H,31,32). The molecule has 0 radical (unpaired) electrons. The van der Waals surface area contributed by atoms with Gasteiger partial charge in [0.1, 0.15) is 12.1 Å². The number of hydrogen-bond donors (Lipinski definition) is 2. The molecular formula is C27H32N2O5. The number of carbonyl (C=O) groups excluding carboxylic acids is 2. The van der Waals surface area contributed by atoms with Crippen molar-refractivity contribution in [2.45, 2.75) is 57.0 Å². The van der Waals surface area contributed by atoms with Gasteiger partial charge in [-0.1, -0.05) is 62.4 Å². The van der Waals surface area contributed by atoms with Gasteiger partial charge in [-0.3, -0.25) is 4.79 Å². The van der Waals surface area contributed by atoms with Crippen LogP contribution in [0.4, 0.5) is 4.79 Å². The minimum atomic E-state index is -1.12. The second kappa shape index (κ2) is 9.49. The van der Waals surface area contributed by atoms with Gasteiger partial charge in [0.25, 0.3) is 0 Å². The molecule has 0 spiro atoms. The molecule has 2 aromatic carbocycles. The lowest BCUT2D eigenvalue weighted by Gasteiger charge is -2.45. The van der Waals surface area contributed by atoms with E-state index in [0.717, 1.165) is 28.7 Å². The summed E-state index contributed by atoms with van der Waals surface area (Å²) < 4.78 is 5.63. The summed E-state index contributed by atoms with van der Waals surface area (Å²) in [7, 11) is 1.54. The van der Waals surface area contributed by atoms with Crippen LogP contribution in [-0.2, 0) is 14.3 Å². The molecule has 1 unspecified atom stereocenters. The number of fused-ring (bicyclic) bond motifs is 3. The van der Waals surface area contributed by atoms with Gasteiger partial charge in [0.05, 0.1) is 0 Å². The highest BCUT2D eigenvalue weighted by Gasteiger charge is 2.50. The van der Waals surface area contributed by atoms with Crippen molar-refractivity contribution in [1.82, 2.24) is 10.2 Å². The lowest BCUT2D eigenvalue weighted by Crippen LogP contribution is -2.60. The Balaban J connectivity index is 1.39. The molecule has 34 heavy (non-hydrogen) atoms. The zero-order valence-corrected chi connectivity index (χ0v) is 19.9. The molecule has 0 aliphatic heterocycles. The Morgan fingerprint density at radius 2 is 1.62 bits per heavy atom. The summed E-state index contributed by atoms with van der Waals surface area (Å²) in [6, 6.07) is 15.8. The van der Waals surface area contributed by atoms with Crippen molar-refractivity contribution in [3.63, 3.8) is 0 Å². The predicted octanol–water partition coefficient (Wildman–Crippen LogP) is 4.41. The summed E-state index contributed by atoms with van der Waals surface area (Å²) in [5.41, 5.74) is 3.46. The van der Waals surface area contributed by atoms with E-state index in [1.54, 1.807) is 7.05 Å². The second-order valence-corrected chi connectivity index (χ2v) is 9.67. The van der Waals surface area contributed by atoms with Gasteiger partial charge in [0.15, 0.2) is 0 Å². The lowest BCUT2D eigenvalue weighted by molar-refractivity contribution is -0.164. The summed E-state index contributed by atoms with van der Waals surface area (Å²) in [5, 5.41) is 12.5. The smallest absolute Gasteiger partial charge is 0.407 e. The van der Waals surface area contributed by atoms with Gasteiger partial charge in [-0.25, -0.2) is 9.59 Å². The monoisotopic (exact) mass is 464 g/mol. The molecule has 180 valence electrons. The molecule has 2 aliphatic rings. The largest absolute Gasteiger partial charge is 0.479 e. The van der Waals surface area contributed by atoms with Crippen LogP contribution in [0.1, 0.15) is 56.6 Å². The third-order valence-electron chi connectivity index (χ3n) is 7.44. The van der Waals surface area contributed by atoms with Crippen LogP contribution in [0.15, 0.2) is 48.5 Å². The quantitative estimate of drug-likeness (QED) is 0.604. The van der Waals surface area contributed by atoms with E-state index in [9.17, 15) is 19.5 Å². The number of alkyl carbamates (subject to hydrolysis) is 1. The van der Waals surface area contributed by atoms with E-state index in [1.165, 1.54) is 4.90 Å². The van der Waals surface area contributed by atoms with Crippen LogP contribution >= 0.6 is 0 Å². The van der Waals surface area contributed by atoms with E-state index in [1.807, 2.05) is 38.1 Å². The third-order valence-corrected chi connectivity index (χ3v) is 7.44. The lowest BCUT2D eigenvalue weighted by atomic mass is 9.75. The summed E-state index contributed by atoms with van der Waals surface area (Å²) in [5.74, 6) is -1.34. The van der Waals surface area contributed by atoms with Crippen LogP contribution in [0.2, 0.25) is 0 Å². The van der Waals surface area contributed by atoms with Crippen molar-refractivity contribution in [3.8, 4) is 11.1 Å². The Kier molecular flexibility index (Phi) is 6.64. The molecule has 1 saturated carbocycles. The first-order valence-corrected chi connectivity index (χ1v) is 11.9. The Bertz CT molecular complexity index is 1050. The number of amides is 2. The van der Waals surface area contributed by atoms with Gasteiger partial charge in [0, 0.05) is 25.4 Å². The zero-order chi connectivity index (χ0) is 24.5. The summed E-state index contributed by atoms with van der Waals surface area (Å²) in [4.78, 5) is 38.7. The SMILES string of the molecule is CC(C)C(CC(=O)N(C)C1(C(=O)O)CCC1)NC(=O)OCC1c2ccccc2-c2ccccc21. The zero-order valence-electron chi connectivity index (χ0n) is 19.9. The van der Waals surface area contributed by atoms with Crippen molar-refractivity contribution >= 4 is 18.0 Å². The molecular weight excluding hydrogens is 432 g/mol. The first-order chi connectivity index (χ1) is 16.2. The number of aliphatic carboxylic acids is 1. The van der Waals surface area contributed by atoms with Gasteiger partial charge < -0.3 is 20.1 Å². The number of rotatable bonds is 8. The van der Waals surface area contributed by atoms with Crippen LogP contribution in [-0.4, -0.2) is 53.2 Å². The van der Waals surface area contributed by atoms with E-state index >= 15 is 0 Å². The van der Waals surface area contributed by atoms with Crippen LogP contribution in [0.3, 0.4) is 0 Å². The number of benzene rings is 2. The number of carboxylic acids is 1. The van der Waals surface area contributed by atoms with E-state index in [0.29, 0.717) is 12.8 Å². The highest BCUT2D eigenvalue weighted by molar-refractivity contribution is 5.88. The molecule has 2 aliphatic carbocycles. The highest BCUT2D eigenvalue weighted by atomic mass is 16.5. The van der Waals surface area contributed by atoms with E-state index in [-0.39, 0.29) is 30.8 Å². The maximum atomic E-state index is 12.9. The van der Waals surface area contributed by atoms with Crippen molar-refractivity contribution in [1.29, 1.82) is 0 Å². The van der Waals surface area contributed by atoms with Gasteiger partial charge in [-0.2, -0.15) is 0 Å². The van der Waals surface area contributed by atoms with Crippen molar-refractivity contribution in [2.75, 3.05) is 13.7 Å². The number of carbonyl (C=O) groups is 3. The first kappa shape index (κ1) is 23.8. The van der Waals surface area contributed by atoms with Crippen LogP contribution in [0, 0.1) is 5.92 Å². The van der Waals surface area contributed by atoms with Gasteiger partial charge in [-0.15, -0.1) is 0 Å². The maximum Gasteiger partial charge on any atom is 0.407 e.